The Bertz CT molecular complexity index is 251. The Balaban J connectivity index is 0.000000261. The van der Waals surface area contributed by atoms with Gasteiger partial charge in [-0.3, -0.25) is 5.41 Å². The summed E-state index contributed by atoms with van der Waals surface area (Å²) in [7, 11) is 0. The lowest BCUT2D eigenvalue weighted by Crippen LogP contribution is -2.20. The SMILES string of the molecule is N=C(N)N.O=[N+]([O-])n1cccc1. The van der Waals surface area contributed by atoms with Gasteiger partial charge in [-0.2, -0.15) is 0 Å². The van der Waals surface area contributed by atoms with Crippen molar-refractivity contribution in [1.29, 1.82) is 5.41 Å². The minimum Gasteiger partial charge on any atom is -0.370 e. The third-order valence-corrected chi connectivity index (χ3v) is 0.777. The predicted molar refractivity (Wildman–Crippen MR) is 42.9 cm³/mol. The molecule has 0 fully saturated rings. The summed E-state index contributed by atoms with van der Waals surface area (Å²) in [6.07, 6.45) is 2.75. The number of rotatable bonds is 1. The van der Waals surface area contributed by atoms with Gasteiger partial charge in [0, 0.05) is 0 Å². The van der Waals surface area contributed by atoms with E-state index in [2.05, 4.69) is 11.5 Å². The summed E-state index contributed by atoms with van der Waals surface area (Å²) < 4.78 is 0.889. The topological polar surface area (TPSA) is 124 Å². The lowest BCUT2D eigenvalue weighted by molar-refractivity contribution is -0.541. The molecule has 0 saturated carbocycles. The molecule has 0 bridgehead atoms. The van der Waals surface area contributed by atoms with Gasteiger partial charge >= 0.3 is 0 Å². The smallest absolute Gasteiger partial charge is 0.183 e. The van der Waals surface area contributed by atoms with Gasteiger partial charge in [0.2, 0.25) is 0 Å². The van der Waals surface area contributed by atoms with Crippen molar-refractivity contribution >= 4 is 5.96 Å². The van der Waals surface area contributed by atoms with E-state index >= 15 is 0 Å². The van der Waals surface area contributed by atoms with Gasteiger partial charge < -0.3 is 11.5 Å². The van der Waals surface area contributed by atoms with Gasteiger partial charge in [-0.1, -0.05) is 4.68 Å². The molecule has 7 nitrogen and oxygen atoms in total. The van der Waals surface area contributed by atoms with E-state index in [1.54, 1.807) is 12.1 Å². The average molecular weight is 171 g/mol. The van der Waals surface area contributed by atoms with Crippen molar-refractivity contribution in [2.24, 2.45) is 11.5 Å². The fourth-order valence-corrected chi connectivity index (χ4v) is 0.434. The quantitative estimate of drug-likeness (QED) is 0.225. The molecule has 12 heavy (non-hydrogen) atoms. The number of nitrogens with zero attached hydrogens (tertiary/aromatic N) is 2. The van der Waals surface area contributed by atoms with Gasteiger partial charge in [-0.25, -0.2) is 10.1 Å². The van der Waals surface area contributed by atoms with E-state index in [0.29, 0.717) is 0 Å². The minimum absolute atomic E-state index is 0.333. The van der Waals surface area contributed by atoms with Crippen LogP contribution in [-0.4, -0.2) is 15.7 Å². The number of hydrogen-bond donors (Lipinski definition) is 3. The second-order valence-electron chi connectivity index (χ2n) is 1.76. The molecule has 0 aliphatic carbocycles. The van der Waals surface area contributed by atoms with Crippen LogP contribution in [0.25, 0.3) is 0 Å². The second kappa shape index (κ2) is 4.72. The third-order valence-electron chi connectivity index (χ3n) is 0.777. The summed E-state index contributed by atoms with van der Waals surface area (Å²) in [6, 6.07) is 3.20. The maximum Gasteiger partial charge on any atom is 0.183 e. The molecule has 5 N–H and O–H groups in total. The summed E-state index contributed by atoms with van der Waals surface area (Å²) in [5, 5.41) is 15.4. The van der Waals surface area contributed by atoms with Gasteiger partial charge in [0.25, 0.3) is 0 Å². The molecule has 1 heterocycles. The molecule has 0 saturated heterocycles. The van der Waals surface area contributed by atoms with Gasteiger partial charge in [0.1, 0.15) is 0 Å². The Kier molecular flexibility index (Phi) is 3.91. The molecule has 0 spiro atoms. The normalized spacial score (nSPS) is 8.00. The van der Waals surface area contributed by atoms with Gasteiger partial charge in [0.05, 0.1) is 12.4 Å². The van der Waals surface area contributed by atoms with Gasteiger partial charge in [-0.05, 0) is 12.1 Å². The summed E-state index contributed by atoms with van der Waals surface area (Å²) in [4.78, 5) is 9.83. The molecule has 0 aliphatic heterocycles. The molecule has 0 radical (unpaired) electrons. The summed E-state index contributed by atoms with van der Waals surface area (Å²) in [5.74, 6) is -0.333. The van der Waals surface area contributed by atoms with Gasteiger partial charge in [0.15, 0.2) is 11.0 Å². The van der Waals surface area contributed by atoms with Crippen LogP contribution in [0.3, 0.4) is 0 Å². The maximum atomic E-state index is 9.83. The summed E-state index contributed by atoms with van der Waals surface area (Å²) in [5.41, 5.74) is 8.94. The largest absolute Gasteiger partial charge is 0.370 e. The molecular formula is C5H9N5O2. The predicted octanol–water partition coefficient (Wildman–Crippen LogP) is -0.634. The lowest BCUT2D eigenvalue weighted by atomic mass is 10.7. The van der Waals surface area contributed by atoms with Crippen LogP contribution in [-0.2, 0) is 0 Å². The zero-order valence-electron chi connectivity index (χ0n) is 6.18. The Morgan fingerprint density at radius 1 is 1.42 bits per heavy atom. The van der Waals surface area contributed by atoms with Crippen molar-refractivity contribution in [3.05, 3.63) is 34.6 Å². The van der Waals surface area contributed by atoms with E-state index in [-0.39, 0.29) is 5.96 Å². The first-order valence-electron chi connectivity index (χ1n) is 2.91. The highest BCUT2D eigenvalue weighted by molar-refractivity contribution is 5.71. The zero-order valence-corrected chi connectivity index (χ0v) is 6.18. The van der Waals surface area contributed by atoms with Crippen LogP contribution in [0.1, 0.15) is 0 Å². The molecule has 0 atom stereocenters. The Labute approximate surface area is 68.2 Å². The second-order valence-corrected chi connectivity index (χ2v) is 1.76. The van der Waals surface area contributed by atoms with E-state index in [1.807, 2.05) is 0 Å². The Morgan fingerprint density at radius 3 is 1.92 bits per heavy atom. The molecular weight excluding hydrogens is 162 g/mol. The standard InChI is InChI=1S/C4H4N2O2.CH5N3/c7-6(8)5-3-1-2-4-5;2-1(3)4/h1-4H;(H5,2,3,4). The number of guanidine groups is 1. The number of nitro groups is 1. The molecule has 1 aromatic rings. The first-order chi connectivity index (χ1) is 5.54. The fourth-order valence-electron chi connectivity index (χ4n) is 0.434. The fraction of sp³-hybridized carbons (Fsp3) is 0. The molecule has 0 aromatic carbocycles. The van der Waals surface area contributed by atoms with Crippen molar-refractivity contribution in [3.8, 4) is 0 Å². The van der Waals surface area contributed by atoms with E-state index in [0.717, 1.165) is 4.68 Å². The molecule has 66 valence electrons. The highest BCUT2D eigenvalue weighted by atomic mass is 16.7. The number of aromatic nitrogens is 1. The van der Waals surface area contributed by atoms with E-state index in [1.165, 1.54) is 12.4 Å². The van der Waals surface area contributed by atoms with Crippen LogP contribution >= 0.6 is 0 Å². The third kappa shape index (κ3) is 4.79. The Morgan fingerprint density at radius 2 is 1.75 bits per heavy atom. The van der Waals surface area contributed by atoms with E-state index < -0.39 is 5.03 Å². The maximum absolute atomic E-state index is 9.83. The van der Waals surface area contributed by atoms with Crippen LogP contribution in [0.5, 0.6) is 0 Å². The highest BCUT2D eigenvalue weighted by Crippen LogP contribution is 1.85. The number of nitrogens with one attached hydrogen (secondary N) is 1. The van der Waals surface area contributed by atoms with Crippen molar-refractivity contribution in [1.82, 2.24) is 4.68 Å². The van der Waals surface area contributed by atoms with E-state index in [4.69, 9.17) is 5.41 Å². The molecule has 7 heteroatoms. The van der Waals surface area contributed by atoms with Crippen molar-refractivity contribution in [2.75, 3.05) is 0 Å². The monoisotopic (exact) mass is 171 g/mol. The number of nitrogens with two attached hydrogens (primary N) is 2. The summed E-state index contributed by atoms with van der Waals surface area (Å²) >= 11 is 0. The molecule has 1 aromatic heterocycles. The minimum atomic E-state index is -0.500. The zero-order chi connectivity index (χ0) is 9.56. The van der Waals surface area contributed by atoms with Crippen molar-refractivity contribution in [2.45, 2.75) is 0 Å². The molecule has 0 aliphatic rings. The van der Waals surface area contributed by atoms with Crippen LogP contribution in [0.15, 0.2) is 24.5 Å². The molecule has 1 rings (SSSR count). The van der Waals surface area contributed by atoms with Crippen molar-refractivity contribution < 1.29 is 5.03 Å². The molecule has 0 amide bonds. The number of hydrogen-bond acceptors (Lipinski definition) is 3. The lowest BCUT2D eigenvalue weighted by Gasteiger charge is -1.83. The van der Waals surface area contributed by atoms with Crippen LogP contribution < -0.4 is 11.5 Å². The average Bonchev–Trinajstić information content (AvgIpc) is 2.34. The van der Waals surface area contributed by atoms with Crippen LogP contribution in [0.2, 0.25) is 0 Å². The van der Waals surface area contributed by atoms with Crippen LogP contribution in [0, 0.1) is 15.5 Å². The summed E-state index contributed by atoms with van der Waals surface area (Å²) in [6.45, 7) is 0. The molecule has 0 unspecified atom stereocenters. The highest BCUT2D eigenvalue weighted by Gasteiger charge is 1.93. The van der Waals surface area contributed by atoms with Crippen LogP contribution in [0.4, 0.5) is 0 Å². The Hall–Kier alpha value is -2.05. The first-order valence-corrected chi connectivity index (χ1v) is 2.91. The van der Waals surface area contributed by atoms with E-state index in [9.17, 15) is 10.1 Å². The van der Waals surface area contributed by atoms with Crippen molar-refractivity contribution in [3.63, 3.8) is 0 Å². The van der Waals surface area contributed by atoms with Gasteiger partial charge in [-0.15, -0.1) is 0 Å². The first kappa shape index (κ1) is 9.95.